The van der Waals surface area contributed by atoms with Crippen molar-refractivity contribution in [1.29, 1.82) is 0 Å². The largest absolute Gasteiger partial charge is 0.495 e. The number of fused-ring (bicyclic) bond motifs is 2. The molecular weight excluding hydrogens is 432 g/mol. The number of amides is 1. The minimum atomic E-state index is -3.57. The zero-order chi connectivity index (χ0) is 23.3. The molecule has 1 unspecified atom stereocenters. The quantitative estimate of drug-likeness (QED) is 0.720. The average molecular weight is 459 g/mol. The number of amidine groups is 1. The number of nitrogens with two attached hydrogens (primary N) is 1. The molecule has 1 atom stereocenters. The minimum Gasteiger partial charge on any atom is -0.495 e. The van der Waals surface area contributed by atoms with E-state index in [1.54, 1.807) is 45.0 Å². The number of ether oxygens (including phenoxy) is 2. The third-order valence-electron chi connectivity index (χ3n) is 6.17. The molecule has 2 aliphatic heterocycles. The van der Waals surface area contributed by atoms with Crippen molar-refractivity contribution >= 4 is 27.3 Å². The van der Waals surface area contributed by atoms with Gasteiger partial charge >= 0.3 is 0 Å². The molecule has 0 radical (unpaired) electrons. The van der Waals surface area contributed by atoms with Crippen LogP contribution < -0.4 is 20.5 Å². The number of hydrogen-bond donors (Lipinski definition) is 2. The molecule has 1 aromatic heterocycles. The van der Waals surface area contributed by atoms with E-state index in [0.717, 1.165) is 0 Å². The average Bonchev–Trinajstić information content (AvgIpc) is 2.72. The molecule has 3 heterocycles. The molecule has 0 aliphatic carbocycles. The number of carbonyl (C=O) groups excluding carboxylic acids is 1. The normalized spacial score (nSPS) is 22.9. The van der Waals surface area contributed by atoms with Gasteiger partial charge in [0.25, 0.3) is 5.91 Å². The van der Waals surface area contributed by atoms with Crippen LogP contribution in [0.1, 0.15) is 41.9 Å². The van der Waals surface area contributed by atoms with Crippen LogP contribution in [-0.4, -0.2) is 49.4 Å². The fourth-order valence-corrected chi connectivity index (χ4v) is 5.69. The lowest BCUT2D eigenvalue weighted by Crippen LogP contribution is -2.56. The van der Waals surface area contributed by atoms with Crippen molar-refractivity contribution in [3.05, 3.63) is 47.3 Å². The fraction of sp³-hybridized carbons (Fsp3) is 0.409. The van der Waals surface area contributed by atoms with Crippen molar-refractivity contribution in [2.75, 3.05) is 24.8 Å². The Labute approximate surface area is 187 Å². The number of carbonyl (C=O) groups is 1. The van der Waals surface area contributed by atoms with E-state index in [2.05, 4.69) is 15.3 Å². The van der Waals surface area contributed by atoms with Gasteiger partial charge in [-0.1, -0.05) is 0 Å². The number of anilines is 1. The molecule has 0 saturated heterocycles. The number of aliphatic imine (C=N–C) groups is 1. The van der Waals surface area contributed by atoms with Gasteiger partial charge in [0.2, 0.25) is 0 Å². The van der Waals surface area contributed by atoms with Crippen LogP contribution in [0.2, 0.25) is 0 Å². The number of benzene rings is 1. The summed E-state index contributed by atoms with van der Waals surface area (Å²) < 4.78 is 35.7. The smallest absolute Gasteiger partial charge is 0.274 e. The molecule has 32 heavy (non-hydrogen) atoms. The third-order valence-corrected chi connectivity index (χ3v) is 8.80. The Kier molecular flexibility index (Phi) is 5.15. The van der Waals surface area contributed by atoms with Crippen LogP contribution in [0.15, 0.2) is 35.5 Å². The van der Waals surface area contributed by atoms with Crippen LogP contribution in [-0.2, 0) is 15.4 Å². The van der Waals surface area contributed by atoms with E-state index < -0.39 is 26.0 Å². The van der Waals surface area contributed by atoms with Crippen LogP contribution in [0.25, 0.3) is 0 Å². The van der Waals surface area contributed by atoms with E-state index in [1.165, 1.54) is 13.3 Å². The van der Waals surface area contributed by atoms with E-state index in [9.17, 15) is 13.2 Å². The Bertz CT molecular complexity index is 1240. The van der Waals surface area contributed by atoms with Gasteiger partial charge in [-0.3, -0.25) is 9.79 Å². The SMILES string of the molecule is COc1cnc(C(=O)Nc2ccc3c(c2)C2(CCO3)CS(=O)(=O)C(C)(C)C(N)=N2)c(C)c1. The molecule has 170 valence electrons. The van der Waals surface area contributed by atoms with E-state index >= 15 is 0 Å². The van der Waals surface area contributed by atoms with Gasteiger partial charge in [0.1, 0.15) is 33.3 Å². The highest BCUT2D eigenvalue weighted by molar-refractivity contribution is 7.93. The molecule has 10 heteroatoms. The standard InChI is InChI=1S/C22H26N4O5S/c1-13-9-15(30-4)11-24-18(13)19(27)25-14-5-6-17-16(10-14)22(7-8-31-17)12-32(28,29)21(2,3)20(23)26-22/h5-6,9-11H,7-8,12H2,1-4H3,(H2,23,26)(H,25,27). The monoisotopic (exact) mass is 458 g/mol. The minimum absolute atomic E-state index is 0.0732. The Morgan fingerprint density at radius 3 is 2.69 bits per heavy atom. The summed E-state index contributed by atoms with van der Waals surface area (Å²) >= 11 is 0. The van der Waals surface area contributed by atoms with Gasteiger partial charge in [0.15, 0.2) is 9.84 Å². The summed E-state index contributed by atoms with van der Waals surface area (Å²) in [6.07, 6.45) is 1.84. The first-order valence-electron chi connectivity index (χ1n) is 10.2. The van der Waals surface area contributed by atoms with Crippen molar-refractivity contribution in [3.63, 3.8) is 0 Å². The number of nitrogens with zero attached hydrogens (tertiary/aromatic N) is 2. The van der Waals surface area contributed by atoms with Crippen molar-refractivity contribution in [1.82, 2.24) is 4.98 Å². The molecule has 4 rings (SSSR count). The van der Waals surface area contributed by atoms with Gasteiger partial charge in [-0.25, -0.2) is 13.4 Å². The van der Waals surface area contributed by atoms with Crippen LogP contribution in [0.5, 0.6) is 11.5 Å². The summed E-state index contributed by atoms with van der Waals surface area (Å²) in [5, 5.41) is 2.83. The summed E-state index contributed by atoms with van der Waals surface area (Å²) in [4.78, 5) is 21.7. The van der Waals surface area contributed by atoms with Gasteiger partial charge < -0.3 is 20.5 Å². The number of nitrogens with one attached hydrogen (secondary N) is 1. The molecule has 3 N–H and O–H groups in total. The summed E-state index contributed by atoms with van der Waals surface area (Å²) in [5.74, 6) is 0.587. The highest BCUT2D eigenvalue weighted by Crippen LogP contribution is 2.46. The number of rotatable bonds is 3. The van der Waals surface area contributed by atoms with Crippen molar-refractivity contribution in [2.45, 2.75) is 37.5 Å². The Morgan fingerprint density at radius 1 is 1.28 bits per heavy atom. The van der Waals surface area contributed by atoms with Crippen molar-refractivity contribution in [3.8, 4) is 11.5 Å². The molecule has 0 fully saturated rings. The van der Waals surface area contributed by atoms with Crippen molar-refractivity contribution < 1.29 is 22.7 Å². The number of hydrogen-bond acceptors (Lipinski definition) is 8. The van der Waals surface area contributed by atoms with Crippen LogP contribution in [0.3, 0.4) is 0 Å². The summed E-state index contributed by atoms with van der Waals surface area (Å²) in [7, 11) is -2.04. The maximum Gasteiger partial charge on any atom is 0.274 e. The first-order valence-corrected chi connectivity index (χ1v) is 11.8. The Balaban J connectivity index is 1.72. The highest BCUT2D eigenvalue weighted by atomic mass is 32.2. The second-order valence-electron chi connectivity index (χ2n) is 8.60. The predicted molar refractivity (Wildman–Crippen MR) is 121 cm³/mol. The number of sulfone groups is 1. The fourth-order valence-electron chi connectivity index (χ4n) is 3.97. The van der Waals surface area contributed by atoms with Gasteiger partial charge in [-0.05, 0) is 50.6 Å². The van der Waals surface area contributed by atoms with Crippen molar-refractivity contribution in [2.24, 2.45) is 10.7 Å². The lowest BCUT2D eigenvalue weighted by atomic mass is 9.85. The molecule has 0 saturated carbocycles. The second kappa shape index (κ2) is 7.47. The second-order valence-corrected chi connectivity index (χ2v) is 11.1. The maximum atomic E-state index is 13.0. The van der Waals surface area contributed by atoms with Crippen LogP contribution in [0.4, 0.5) is 5.69 Å². The van der Waals surface area contributed by atoms with E-state index in [0.29, 0.717) is 41.3 Å². The molecule has 9 nitrogen and oxygen atoms in total. The third kappa shape index (κ3) is 3.48. The maximum absolute atomic E-state index is 13.0. The predicted octanol–water partition coefficient (Wildman–Crippen LogP) is 2.19. The summed E-state index contributed by atoms with van der Waals surface area (Å²) in [6, 6.07) is 6.83. The number of aryl methyl sites for hydroxylation is 1. The highest BCUT2D eigenvalue weighted by Gasteiger charge is 2.52. The zero-order valence-corrected chi connectivity index (χ0v) is 19.2. The van der Waals surface area contributed by atoms with E-state index in [1.807, 2.05) is 0 Å². The zero-order valence-electron chi connectivity index (χ0n) is 18.4. The molecule has 2 aliphatic rings. The molecule has 1 aromatic carbocycles. The van der Waals surface area contributed by atoms with E-state index in [4.69, 9.17) is 15.2 Å². The Morgan fingerprint density at radius 2 is 2.03 bits per heavy atom. The lowest BCUT2D eigenvalue weighted by molar-refractivity contribution is 0.102. The molecule has 2 aromatic rings. The molecule has 1 amide bonds. The molecule has 1 spiro atoms. The topological polar surface area (TPSA) is 133 Å². The summed E-state index contributed by atoms with van der Waals surface area (Å²) in [6.45, 7) is 5.22. The first kappa shape index (κ1) is 22.1. The molecule has 0 bridgehead atoms. The van der Waals surface area contributed by atoms with Crippen LogP contribution in [0, 0.1) is 6.92 Å². The first-order chi connectivity index (χ1) is 15.0. The Hall–Kier alpha value is -3.14. The van der Waals surface area contributed by atoms with Gasteiger partial charge in [-0.15, -0.1) is 0 Å². The number of methoxy groups -OCH3 is 1. The lowest BCUT2D eigenvalue weighted by Gasteiger charge is -2.42. The summed E-state index contributed by atoms with van der Waals surface area (Å²) in [5.41, 5.74) is 7.06. The number of aromatic nitrogens is 1. The van der Waals surface area contributed by atoms with Gasteiger partial charge in [0.05, 0.1) is 25.7 Å². The van der Waals surface area contributed by atoms with E-state index in [-0.39, 0.29) is 17.3 Å². The van der Waals surface area contributed by atoms with Gasteiger partial charge in [0, 0.05) is 17.7 Å². The number of pyridine rings is 1. The van der Waals surface area contributed by atoms with Gasteiger partial charge in [-0.2, -0.15) is 0 Å². The van der Waals surface area contributed by atoms with Crippen LogP contribution >= 0.6 is 0 Å². The molecular formula is C22H26N4O5S.